The first-order chi connectivity index (χ1) is 11.7. The van der Waals surface area contributed by atoms with Crippen molar-refractivity contribution in [3.63, 3.8) is 0 Å². The third kappa shape index (κ3) is 6.56. The molecule has 0 radical (unpaired) electrons. The Morgan fingerprint density at radius 2 is 1.17 bits per heavy atom. The molecule has 0 fully saturated rings. The molecule has 0 aromatic carbocycles. The molecule has 0 aliphatic carbocycles. The van der Waals surface area contributed by atoms with Crippen molar-refractivity contribution < 1.29 is 9.59 Å². The normalized spacial score (nSPS) is 10.8. The van der Waals surface area contributed by atoms with Gasteiger partial charge >= 0.3 is 0 Å². The van der Waals surface area contributed by atoms with E-state index in [0.717, 1.165) is 11.1 Å². The second-order valence-electron chi connectivity index (χ2n) is 4.65. The Bertz CT molecular complexity index is 652. The quantitative estimate of drug-likeness (QED) is 0.581. The monoisotopic (exact) mass is 324 g/mol. The lowest BCUT2D eigenvalue weighted by atomic mass is 10.3. The highest BCUT2D eigenvalue weighted by atomic mass is 16.2. The summed E-state index contributed by atoms with van der Waals surface area (Å²) in [6.07, 6.45) is 9.53. The Morgan fingerprint density at radius 1 is 0.792 bits per heavy atom. The van der Waals surface area contributed by atoms with Gasteiger partial charge in [0.2, 0.25) is 11.8 Å². The molecule has 0 aliphatic rings. The zero-order valence-corrected chi connectivity index (χ0v) is 12.8. The van der Waals surface area contributed by atoms with E-state index in [1.165, 1.54) is 12.4 Å². The third-order valence-electron chi connectivity index (χ3n) is 2.80. The van der Waals surface area contributed by atoms with Gasteiger partial charge in [-0.15, -0.1) is 0 Å². The molecule has 2 aromatic rings. The third-order valence-corrected chi connectivity index (χ3v) is 2.80. The number of carbonyl (C=O) groups excluding carboxylic acids is 2. The fourth-order valence-electron chi connectivity index (χ4n) is 1.60. The summed E-state index contributed by atoms with van der Waals surface area (Å²) in [4.78, 5) is 30.9. The predicted octanol–water partition coefficient (Wildman–Crippen LogP) is 0.857. The van der Waals surface area contributed by atoms with E-state index in [1.807, 2.05) is 0 Å². The van der Waals surface area contributed by atoms with Gasteiger partial charge in [0.05, 0.1) is 12.4 Å². The van der Waals surface area contributed by atoms with E-state index in [1.54, 1.807) is 49.1 Å². The molecular weight excluding hydrogens is 308 g/mol. The highest BCUT2D eigenvalue weighted by Gasteiger charge is 2.05. The molecular formula is C16H16N6O2. The molecule has 0 atom stereocenters. The summed E-state index contributed by atoms with van der Waals surface area (Å²) in [5, 5.41) is 7.60. The number of aromatic nitrogens is 2. The van der Waals surface area contributed by atoms with Gasteiger partial charge in [0.15, 0.2) is 0 Å². The predicted molar refractivity (Wildman–Crippen MR) is 89.2 cm³/mol. The van der Waals surface area contributed by atoms with Crippen LogP contribution in [0.5, 0.6) is 0 Å². The number of hydrogen-bond acceptors (Lipinski definition) is 6. The van der Waals surface area contributed by atoms with Gasteiger partial charge < -0.3 is 0 Å². The molecule has 8 nitrogen and oxygen atoms in total. The van der Waals surface area contributed by atoms with Crippen LogP contribution in [0.4, 0.5) is 0 Å². The summed E-state index contributed by atoms with van der Waals surface area (Å²) in [5.74, 6) is -0.706. The van der Waals surface area contributed by atoms with E-state index in [-0.39, 0.29) is 24.7 Å². The number of amides is 2. The van der Waals surface area contributed by atoms with Crippen LogP contribution in [0, 0.1) is 0 Å². The second kappa shape index (κ2) is 9.57. The van der Waals surface area contributed by atoms with E-state index in [9.17, 15) is 9.59 Å². The van der Waals surface area contributed by atoms with Crippen molar-refractivity contribution in [3.8, 4) is 0 Å². The maximum atomic E-state index is 11.6. The van der Waals surface area contributed by atoms with Crippen LogP contribution < -0.4 is 10.9 Å². The van der Waals surface area contributed by atoms with Gasteiger partial charge in [-0.3, -0.25) is 19.6 Å². The number of nitrogens with zero attached hydrogens (tertiary/aromatic N) is 4. The SMILES string of the molecule is O=C(CCC(=O)N/N=C\c1ccncc1)NN=Cc1ccncc1. The van der Waals surface area contributed by atoms with Gasteiger partial charge in [0, 0.05) is 37.6 Å². The summed E-state index contributed by atoms with van der Waals surface area (Å²) in [6, 6.07) is 7.02. The van der Waals surface area contributed by atoms with Crippen LogP contribution in [0.3, 0.4) is 0 Å². The average molecular weight is 324 g/mol. The maximum absolute atomic E-state index is 11.6. The average Bonchev–Trinajstić information content (AvgIpc) is 2.62. The molecule has 2 heterocycles. The van der Waals surface area contributed by atoms with Crippen molar-refractivity contribution >= 4 is 24.2 Å². The molecule has 0 bridgehead atoms. The summed E-state index contributed by atoms with van der Waals surface area (Å²) in [7, 11) is 0. The molecule has 0 saturated carbocycles. The minimum Gasteiger partial charge on any atom is -0.273 e. The minimum absolute atomic E-state index is 0.0182. The van der Waals surface area contributed by atoms with Gasteiger partial charge in [-0.2, -0.15) is 10.2 Å². The molecule has 2 aromatic heterocycles. The van der Waals surface area contributed by atoms with E-state index in [4.69, 9.17) is 0 Å². The van der Waals surface area contributed by atoms with Crippen molar-refractivity contribution in [1.29, 1.82) is 0 Å². The number of hydrogen-bond donors (Lipinski definition) is 2. The van der Waals surface area contributed by atoms with Crippen molar-refractivity contribution in [2.45, 2.75) is 12.8 Å². The van der Waals surface area contributed by atoms with Crippen molar-refractivity contribution in [2.75, 3.05) is 0 Å². The highest BCUT2D eigenvalue weighted by molar-refractivity contribution is 5.86. The first-order valence-electron chi connectivity index (χ1n) is 7.18. The van der Waals surface area contributed by atoms with E-state index in [2.05, 4.69) is 31.0 Å². The Labute approximate surface area is 138 Å². The van der Waals surface area contributed by atoms with Crippen LogP contribution in [0.25, 0.3) is 0 Å². The molecule has 2 N–H and O–H groups in total. The van der Waals surface area contributed by atoms with Gasteiger partial charge in [-0.05, 0) is 35.4 Å². The number of carbonyl (C=O) groups is 2. The zero-order valence-electron chi connectivity index (χ0n) is 12.8. The Hall–Kier alpha value is -3.42. The standard InChI is InChI=1S/C16H16N6O2/c23-15(21-19-11-13-3-7-17-8-4-13)1-2-16(24)22-20-12-14-5-9-18-10-6-14/h3-12H,1-2H2,(H,21,23)(H,22,24)/b19-11-,20-12?. The van der Waals surface area contributed by atoms with Crippen molar-refractivity contribution in [1.82, 2.24) is 20.8 Å². The lowest BCUT2D eigenvalue weighted by Gasteiger charge is -2.00. The lowest BCUT2D eigenvalue weighted by Crippen LogP contribution is -2.22. The van der Waals surface area contributed by atoms with Crippen molar-refractivity contribution in [3.05, 3.63) is 60.2 Å². The Morgan fingerprint density at radius 3 is 1.54 bits per heavy atom. The summed E-state index contributed by atoms with van der Waals surface area (Å²) < 4.78 is 0. The van der Waals surface area contributed by atoms with Crippen LogP contribution in [-0.4, -0.2) is 34.2 Å². The topological polar surface area (TPSA) is 109 Å². The van der Waals surface area contributed by atoms with Crippen LogP contribution >= 0.6 is 0 Å². The van der Waals surface area contributed by atoms with Crippen LogP contribution in [0.1, 0.15) is 24.0 Å². The molecule has 0 aliphatic heterocycles. The molecule has 0 spiro atoms. The highest BCUT2D eigenvalue weighted by Crippen LogP contribution is 1.93. The fourth-order valence-corrected chi connectivity index (χ4v) is 1.60. The lowest BCUT2D eigenvalue weighted by molar-refractivity contribution is -0.126. The summed E-state index contributed by atoms with van der Waals surface area (Å²) in [6.45, 7) is 0. The molecule has 2 rings (SSSR count). The fraction of sp³-hybridized carbons (Fsp3) is 0.125. The second-order valence-corrected chi connectivity index (χ2v) is 4.65. The van der Waals surface area contributed by atoms with E-state index >= 15 is 0 Å². The number of nitrogens with one attached hydrogen (secondary N) is 2. The summed E-state index contributed by atoms with van der Waals surface area (Å²) >= 11 is 0. The largest absolute Gasteiger partial charge is 0.273 e. The van der Waals surface area contributed by atoms with Gasteiger partial charge in [0.25, 0.3) is 0 Å². The van der Waals surface area contributed by atoms with Crippen LogP contribution in [0.2, 0.25) is 0 Å². The molecule has 0 saturated heterocycles. The minimum atomic E-state index is -0.353. The first-order valence-corrected chi connectivity index (χ1v) is 7.18. The molecule has 2 amide bonds. The number of rotatable bonds is 7. The Kier molecular flexibility index (Phi) is 6.75. The molecule has 0 unspecified atom stereocenters. The molecule has 24 heavy (non-hydrogen) atoms. The maximum Gasteiger partial charge on any atom is 0.240 e. The number of pyridine rings is 2. The van der Waals surface area contributed by atoms with Gasteiger partial charge in [-0.25, -0.2) is 10.9 Å². The Balaban J connectivity index is 1.65. The van der Waals surface area contributed by atoms with Crippen LogP contribution in [0.15, 0.2) is 59.3 Å². The van der Waals surface area contributed by atoms with Gasteiger partial charge in [0.1, 0.15) is 0 Å². The smallest absolute Gasteiger partial charge is 0.240 e. The van der Waals surface area contributed by atoms with Crippen molar-refractivity contribution in [2.24, 2.45) is 10.2 Å². The number of hydrazone groups is 2. The van der Waals surface area contributed by atoms with E-state index < -0.39 is 0 Å². The van der Waals surface area contributed by atoms with Crippen LogP contribution in [-0.2, 0) is 9.59 Å². The molecule has 8 heteroatoms. The molecule has 122 valence electrons. The van der Waals surface area contributed by atoms with Gasteiger partial charge in [-0.1, -0.05) is 0 Å². The van der Waals surface area contributed by atoms with E-state index in [0.29, 0.717) is 0 Å². The zero-order chi connectivity index (χ0) is 17.0. The summed E-state index contributed by atoms with van der Waals surface area (Å²) in [5.41, 5.74) is 6.33. The first kappa shape index (κ1) is 16.9.